The zero-order chi connectivity index (χ0) is 20.9. The standard InChI is InChI=1S/C22H22ClN3O2S2/c23-16-7-4-8-17(13-16)26-21(28)20-18(10-12-29-20)25-22(26)30-14-19(27)24-11-9-15-5-2-1-3-6-15/h4-5,7-8,10,12-13H,1-3,6,9,11,14H2,(H,24,27). The predicted molar refractivity (Wildman–Crippen MR) is 125 cm³/mol. The molecule has 0 unspecified atom stereocenters. The van der Waals surface area contributed by atoms with E-state index >= 15 is 0 Å². The normalized spacial score (nSPS) is 14.0. The highest BCUT2D eigenvalue weighted by molar-refractivity contribution is 7.99. The van der Waals surface area contributed by atoms with Crippen LogP contribution < -0.4 is 10.9 Å². The minimum absolute atomic E-state index is 0.0614. The lowest BCUT2D eigenvalue weighted by molar-refractivity contribution is -0.118. The van der Waals surface area contributed by atoms with Crippen LogP contribution in [-0.4, -0.2) is 27.8 Å². The molecule has 30 heavy (non-hydrogen) atoms. The molecule has 5 nitrogen and oxygen atoms in total. The Morgan fingerprint density at radius 1 is 1.30 bits per heavy atom. The number of rotatable bonds is 7. The van der Waals surface area contributed by atoms with Gasteiger partial charge in [-0.05, 0) is 61.7 Å². The molecule has 0 spiro atoms. The van der Waals surface area contributed by atoms with E-state index in [1.54, 1.807) is 18.2 Å². The molecule has 0 bridgehead atoms. The number of hydrogen-bond acceptors (Lipinski definition) is 5. The number of thiophene rings is 1. The largest absolute Gasteiger partial charge is 0.355 e. The Morgan fingerprint density at radius 2 is 2.20 bits per heavy atom. The summed E-state index contributed by atoms with van der Waals surface area (Å²) in [5, 5.41) is 5.85. The fraction of sp³-hybridized carbons (Fsp3) is 0.318. The minimum atomic E-state index is -0.149. The number of nitrogens with one attached hydrogen (secondary N) is 1. The van der Waals surface area contributed by atoms with Gasteiger partial charge in [0.2, 0.25) is 5.91 Å². The SMILES string of the molecule is O=C(CSc1nc2ccsc2c(=O)n1-c1cccc(Cl)c1)NCCC1=CCCCC1. The Balaban J connectivity index is 1.49. The second kappa shape index (κ2) is 9.81. The average Bonchev–Trinajstić information content (AvgIpc) is 3.22. The van der Waals surface area contributed by atoms with Crippen LogP contribution >= 0.6 is 34.7 Å². The smallest absolute Gasteiger partial charge is 0.276 e. The summed E-state index contributed by atoms with van der Waals surface area (Å²) < 4.78 is 2.12. The number of carbonyl (C=O) groups excluding carboxylic acids is 1. The van der Waals surface area contributed by atoms with E-state index in [2.05, 4.69) is 16.4 Å². The molecule has 1 amide bonds. The van der Waals surface area contributed by atoms with E-state index in [-0.39, 0.29) is 17.2 Å². The average molecular weight is 460 g/mol. The van der Waals surface area contributed by atoms with Crippen molar-refractivity contribution in [1.82, 2.24) is 14.9 Å². The molecule has 3 aromatic rings. The third-order valence-corrected chi connectivity index (χ3v) is 7.07. The second-order valence-corrected chi connectivity index (χ2v) is 9.44. The fourth-order valence-corrected chi connectivity index (χ4v) is 5.29. The molecule has 1 aromatic carbocycles. The van der Waals surface area contributed by atoms with E-state index in [1.807, 2.05) is 17.5 Å². The van der Waals surface area contributed by atoms with E-state index in [0.29, 0.717) is 32.6 Å². The maximum Gasteiger partial charge on any atom is 0.276 e. The molecule has 2 heterocycles. The molecule has 0 saturated carbocycles. The number of thioether (sulfide) groups is 1. The number of allylic oxidation sites excluding steroid dienone is 1. The first-order valence-corrected chi connectivity index (χ1v) is 12.2. The summed E-state index contributed by atoms with van der Waals surface area (Å²) >= 11 is 8.76. The summed E-state index contributed by atoms with van der Waals surface area (Å²) in [5.74, 6) is 0.135. The number of amides is 1. The molecule has 8 heteroatoms. The van der Waals surface area contributed by atoms with Crippen LogP contribution in [-0.2, 0) is 4.79 Å². The van der Waals surface area contributed by atoms with Crippen molar-refractivity contribution >= 4 is 50.8 Å². The fourth-order valence-electron chi connectivity index (χ4n) is 3.51. The van der Waals surface area contributed by atoms with Gasteiger partial charge in [0.05, 0.1) is 17.0 Å². The van der Waals surface area contributed by atoms with E-state index in [4.69, 9.17) is 11.6 Å². The van der Waals surface area contributed by atoms with Gasteiger partial charge in [-0.2, -0.15) is 0 Å². The van der Waals surface area contributed by atoms with Gasteiger partial charge in [-0.25, -0.2) is 4.98 Å². The highest BCUT2D eigenvalue weighted by Gasteiger charge is 2.16. The topological polar surface area (TPSA) is 64.0 Å². The van der Waals surface area contributed by atoms with Gasteiger partial charge in [0, 0.05) is 11.6 Å². The monoisotopic (exact) mass is 459 g/mol. The van der Waals surface area contributed by atoms with Crippen LogP contribution in [0.4, 0.5) is 0 Å². The van der Waals surface area contributed by atoms with Crippen molar-refractivity contribution in [2.45, 2.75) is 37.3 Å². The maximum atomic E-state index is 13.1. The van der Waals surface area contributed by atoms with Gasteiger partial charge in [-0.15, -0.1) is 11.3 Å². The zero-order valence-electron chi connectivity index (χ0n) is 16.4. The van der Waals surface area contributed by atoms with Crippen LogP contribution in [0.5, 0.6) is 0 Å². The summed E-state index contributed by atoms with van der Waals surface area (Å²) in [6.45, 7) is 0.642. The third kappa shape index (κ3) is 4.96. The van der Waals surface area contributed by atoms with Crippen LogP contribution in [0.2, 0.25) is 5.02 Å². The second-order valence-electron chi connectivity index (χ2n) is 7.15. The first-order valence-electron chi connectivity index (χ1n) is 9.95. The number of aromatic nitrogens is 2. The predicted octanol–water partition coefficient (Wildman–Crippen LogP) is 5.20. The number of halogens is 1. The van der Waals surface area contributed by atoms with Crippen molar-refractivity contribution < 1.29 is 4.79 Å². The van der Waals surface area contributed by atoms with Crippen molar-refractivity contribution in [2.24, 2.45) is 0 Å². The van der Waals surface area contributed by atoms with E-state index < -0.39 is 0 Å². The Hall–Kier alpha value is -2.09. The summed E-state index contributed by atoms with van der Waals surface area (Å²) in [5.41, 5.74) is 2.58. The van der Waals surface area contributed by atoms with Crippen LogP contribution in [0.3, 0.4) is 0 Å². The summed E-state index contributed by atoms with van der Waals surface area (Å²) in [6, 6.07) is 8.92. The van der Waals surface area contributed by atoms with Crippen molar-refractivity contribution in [3.63, 3.8) is 0 Å². The number of carbonyl (C=O) groups is 1. The molecule has 0 radical (unpaired) electrons. The molecule has 0 saturated heterocycles. The molecule has 0 atom stereocenters. The molecule has 1 aliphatic rings. The highest BCUT2D eigenvalue weighted by Crippen LogP contribution is 2.25. The van der Waals surface area contributed by atoms with Crippen molar-refractivity contribution in [3.8, 4) is 5.69 Å². The first-order chi connectivity index (χ1) is 14.6. The van der Waals surface area contributed by atoms with Gasteiger partial charge in [0.1, 0.15) is 4.70 Å². The molecule has 4 rings (SSSR count). The molecule has 156 valence electrons. The Kier molecular flexibility index (Phi) is 6.92. The van der Waals surface area contributed by atoms with Crippen LogP contribution in [0.25, 0.3) is 15.9 Å². The summed E-state index contributed by atoms with van der Waals surface area (Å²) in [6.07, 6.45) is 8.00. The number of benzene rings is 1. The Bertz CT molecular complexity index is 1150. The van der Waals surface area contributed by atoms with Crippen molar-refractivity contribution in [2.75, 3.05) is 12.3 Å². The Morgan fingerprint density at radius 3 is 3.00 bits per heavy atom. The molecule has 0 aliphatic heterocycles. The lowest BCUT2D eigenvalue weighted by Crippen LogP contribution is -2.27. The maximum absolute atomic E-state index is 13.1. The zero-order valence-corrected chi connectivity index (χ0v) is 18.8. The minimum Gasteiger partial charge on any atom is -0.355 e. The first kappa shape index (κ1) is 21.2. The van der Waals surface area contributed by atoms with E-state index in [1.165, 1.54) is 46.1 Å². The van der Waals surface area contributed by atoms with Crippen LogP contribution in [0.1, 0.15) is 32.1 Å². The highest BCUT2D eigenvalue weighted by atomic mass is 35.5. The van der Waals surface area contributed by atoms with E-state index in [0.717, 1.165) is 19.3 Å². The van der Waals surface area contributed by atoms with Gasteiger partial charge < -0.3 is 5.32 Å². The van der Waals surface area contributed by atoms with Crippen molar-refractivity contribution in [1.29, 1.82) is 0 Å². The molecule has 1 N–H and O–H groups in total. The third-order valence-electron chi connectivity index (χ3n) is 5.00. The Labute approximate surface area is 188 Å². The van der Waals surface area contributed by atoms with Crippen LogP contribution in [0, 0.1) is 0 Å². The lowest BCUT2D eigenvalue weighted by atomic mass is 9.97. The molecule has 1 aliphatic carbocycles. The van der Waals surface area contributed by atoms with E-state index in [9.17, 15) is 9.59 Å². The molecular formula is C22H22ClN3O2S2. The van der Waals surface area contributed by atoms with Crippen molar-refractivity contribution in [3.05, 3.63) is 62.7 Å². The summed E-state index contributed by atoms with van der Waals surface area (Å²) in [7, 11) is 0. The van der Waals surface area contributed by atoms with Gasteiger partial charge in [-0.1, -0.05) is 41.1 Å². The summed E-state index contributed by atoms with van der Waals surface area (Å²) in [4.78, 5) is 30.1. The van der Waals surface area contributed by atoms with Gasteiger partial charge >= 0.3 is 0 Å². The van der Waals surface area contributed by atoms with Gasteiger partial charge in [-0.3, -0.25) is 14.2 Å². The number of hydrogen-bond donors (Lipinski definition) is 1. The van der Waals surface area contributed by atoms with Crippen LogP contribution in [0.15, 0.2) is 57.3 Å². The quantitative estimate of drug-likeness (QED) is 0.299. The number of fused-ring (bicyclic) bond motifs is 1. The molecule has 0 fully saturated rings. The van der Waals surface area contributed by atoms with Gasteiger partial charge in [0.15, 0.2) is 5.16 Å². The molecule has 2 aromatic heterocycles. The van der Waals surface area contributed by atoms with Gasteiger partial charge in [0.25, 0.3) is 5.56 Å². The molecular weight excluding hydrogens is 438 g/mol. The lowest BCUT2D eigenvalue weighted by Gasteiger charge is -2.14. The number of nitrogens with zero attached hydrogens (tertiary/aromatic N) is 2.